The van der Waals surface area contributed by atoms with Crippen LogP contribution < -0.4 is 10.2 Å². The number of aromatic nitrogens is 5. The number of morpholine rings is 1. The van der Waals surface area contributed by atoms with Crippen LogP contribution in [0.15, 0.2) is 49.1 Å². The van der Waals surface area contributed by atoms with E-state index in [1.165, 1.54) is 0 Å². The molecule has 25 heavy (non-hydrogen) atoms. The van der Waals surface area contributed by atoms with E-state index in [0.29, 0.717) is 37.5 Å². The SMILES string of the molecule is c1ccc(NCc2nc(N3CCOCC3)nc(-n3ccnc3)n2)cc1. The molecule has 0 saturated carbocycles. The van der Waals surface area contributed by atoms with Crippen molar-refractivity contribution in [3.8, 4) is 5.95 Å². The number of ether oxygens (including phenoxy) is 1. The van der Waals surface area contributed by atoms with Crippen molar-refractivity contribution in [1.82, 2.24) is 24.5 Å². The van der Waals surface area contributed by atoms with E-state index < -0.39 is 0 Å². The maximum atomic E-state index is 5.42. The van der Waals surface area contributed by atoms with E-state index in [0.717, 1.165) is 18.8 Å². The van der Waals surface area contributed by atoms with E-state index in [-0.39, 0.29) is 0 Å². The number of benzene rings is 1. The van der Waals surface area contributed by atoms with Gasteiger partial charge in [0.25, 0.3) is 0 Å². The summed E-state index contributed by atoms with van der Waals surface area (Å²) in [4.78, 5) is 20.0. The Labute approximate surface area is 145 Å². The number of para-hydroxylation sites is 1. The summed E-state index contributed by atoms with van der Waals surface area (Å²) in [6, 6.07) is 10.0. The average Bonchev–Trinajstić information content (AvgIpc) is 3.23. The second kappa shape index (κ2) is 7.27. The fourth-order valence-corrected chi connectivity index (χ4v) is 2.61. The van der Waals surface area contributed by atoms with Crippen molar-refractivity contribution in [2.75, 3.05) is 36.5 Å². The normalized spacial score (nSPS) is 14.5. The Morgan fingerprint density at radius 1 is 1.00 bits per heavy atom. The number of imidazole rings is 1. The van der Waals surface area contributed by atoms with Gasteiger partial charge < -0.3 is 15.0 Å². The van der Waals surface area contributed by atoms with E-state index in [2.05, 4.69) is 30.2 Å². The van der Waals surface area contributed by atoms with Crippen LogP contribution in [0.1, 0.15) is 5.82 Å². The molecule has 1 saturated heterocycles. The van der Waals surface area contributed by atoms with Gasteiger partial charge in [-0.3, -0.25) is 4.57 Å². The minimum Gasteiger partial charge on any atom is -0.378 e. The lowest BCUT2D eigenvalue weighted by atomic mass is 10.3. The molecule has 0 unspecified atom stereocenters. The Kier molecular flexibility index (Phi) is 4.51. The van der Waals surface area contributed by atoms with Gasteiger partial charge >= 0.3 is 0 Å². The van der Waals surface area contributed by atoms with Crippen LogP contribution in [0.5, 0.6) is 0 Å². The molecule has 1 fully saturated rings. The van der Waals surface area contributed by atoms with Crippen molar-refractivity contribution in [3.63, 3.8) is 0 Å². The molecule has 0 aliphatic carbocycles. The predicted octanol–water partition coefficient (Wildman–Crippen LogP) is 1.51. The maximum absolute atomic E-state index is 5.42. The summed E-state index contributed by atoms with van der Waals surface area (Å²) in [5.74, 6) is 1.93. The van der Waals surface area contributed by atoms with Crippen LogP contribution in [0.4, 0.5) is 11.6 Å². The zero-order valence-corrected chi connectivity index (χ0v) is 13.7. The second-order valence-electron chi connectivity index (χ2n) is 5.64. The fraction of sp³-hybridized carbons (Fsp3) is 0.294. The first-order chi connectivity index (χ1) is 12.4. The Hall–Kier alpha value is -3.00. The van der Waals surface area contributed by atoms with E-state index in [1.54, 1.807) is 17.1 Å². The summed E-state index contributed by atoms with van der Waals surface area (Å²) in [6.45, 7) is 3.44. The first-order valence-electron chi connectivity index (χ1n) is 8.23. The summed E-state index contributed by atoms with van der Waals surface area (Å²) < 4.78 is 7.21. The van der Waals surface area contributed by atoms with Crippen LogP contribution in [0.25, 0.3) is 5.95 Å². The van der Waals surface area contributed by atoms with Gasteiger partial charge in [-0.1, -0.05) is 18.2 Å². The Balaban J connectivity index is 1.61. The lowest BCUT2D eigenvalue weighted by Crippen LogP contribution is -2.37. The van der Waals surface area contributed by atoms with E-state index in [4.69, 9.17) is 4.74 Å². The molecular weight excluding hydrogens is 318 g/mol. The topological polar surface area (TPSA) is 81.0 Å². The molecule has 8 heteroatoms. The number of anilines is 2. The van der Waals surface area contributed by atoms with Gasteiger partial charge in [0.1, 0.15) is 6.33 Å². The highest BCUT2D eigenvalue weighted by Crippen LogP contribution is 2.14. The van der Waals surface area contributed by atoms with E-state index in [9.17, 15) is 0 Å². The summed E-state index contributed by atoms with van der Waals surface area (Å²) in [5, 5.41) is 3.34. The Bertz CT molecular complexity index is 801. The van der Waals surface area contributed by atoms with Crippen LogP contribution >= 0.6 is 0 Å². The molecule has 1 aliphatic heterocycles. The molecule has 8 nitrogen and oxygen atoms in total. The van der Waals surface area contributed by atoms with Crippen molar-refractivity contribution in [2.24, 2.45) is 0 Å². The molecular formula is C17H19N7O. The minimum absolute atomic E-state index is 0.519. The zero-order chi connectivity index (χ0) is 16.9. The summed E-state index contributed by atoms with van der Waals surface area (Å²) >= 11 is 0. The van der Waals surface area contributed by atoms with Crippen LogP contribution in [-0.2, 0) is 11.3 Å². The second-order valence-corrected chi connectivity index (χ2v) is 5.64. The molecule has 1 aromatic carbocycles. The van der Waals surface area contributed by atoms with E-state index in [1.807, 2.05) is 36.5 Å². The standard InChI is InChI=1S/C17H19N7O/c1-2-4-14(5-3-1)19-12-15-20-16(23-8-10-25-11-9-23)22-17(21-15)24-7-6-18-13-24/h1-7,13,19H,8-12H2. The van der Waals surface area contributed by atoms with Crippen molar-refractivity contribution in [3.05, 3.63) is 54.9 Å². The van der Waals surface area contributed by atoms with Gasteiger partial charge in [0, 0.05) is 31.2 Å². The first-order valence-corrected chi connectivity index (χ1v) is 8.23. The molecule has 128 valence electrons. The smallest absolute Gasteiger partial charge is 0.240 e. The summed E-state index contributed by atoms with van der Waals surface area (Å²) in [7, 11) is 0. The number of nitrogens with zero attached hydrogens (tertiary/aromatic N) is 6. The molecule has 3 heterocycles. The molecule has 0 atom stereocenters. The first kappa shape index (κ1) is 15.5. The molecule has 2 aromatic heterocycles. The van der Waals surface area contributed by atoms with Crippen LogP contribution in [-0.4, -0.2) is 50.8 Å². The van der Waals surface area contributed by atoms with Gasteiger partial charge in [-0.25, -0.2) is 4.98 Å². The molecule has 0 spiro atoms. The number of rotatable bonds is 5. The third-order valence-corrected chi connectivity index (χ3v) is 3.91. The minimum atomic E-state index is 0.519. The average molecular weight is 337 g/mol. The quantitative estimate of drug-likeness (QED) is 0.756. The van der Waals surface area contributed by atoms with Gasteiger partial charge in [-0.15, -0.1) is 0 Å². The van der Waals surface area contributed by atoms with Crippen molar-refractivity contribution in [1.29, 1.82) is 0 Å². The van der Waals surface area contributed by atoms with Crippen LogP contribution in [0.2, 0.25) is 0 Å². The largest absolute Gasteiger partial charge is 0.378 e. The van der Waals surface area contributed by atoms with Gasteiger partial charge in [0.2, 0.25) is 11.9 Å². The van der Waals surface area contributed by atoms with Gasteiger partial charge in [0.15, 0.2) is 5.82 Å². The maximum Gasteiger partial charge on any atom is 0.240 e. The van der Waals surface area contributed by atoms with Gasteiger partial charge in [0.05, 0.1) is 19.8 Å². The number of hydrogen-bond donors (Lipinski definition) is 1. The lowest BCUT2D eigenvalue weighted by Gasteiger charge is -2.27. The Morgan fingerprint density at radius 2 is 1.80 bits per heavy atom. The molecule has 0 radical (unpaired) electrons. The molecule has 1 N–H and O–H groups in total. The molecule has 4 rings (SSSR count). The number of hydrogen-bond acceptors (Lipinski definition) is 7. The molecule has 0 bridgehead atoms. The van der Waals surface area contributed by atoms with E-state index >= 15 is 0 Å². The van der Waals surface area contributed by atoms with Crippen molar-refractivity contribution < 1.29 is 4.74 Å². The third-order valence-electron chi connectivity index (χ3n) is 3.91. The van der Waals surface area contributed by atoms with Crippen molar-refractivity contribution >= 4 is 11.6 Å². The monoisotopic (exact) mass is 337 g/mol. The van der Waals surface area contributed by atoms with Crippen molar-refractivity contribution in [2.45, 2.75) is 6.54 Å². The van der Waals surface area contributed by atoms with Gasteiger partial charge in [-0.2, -0.15) is 15.0 Å². The summed E-state index contributed by atoms with van der Waals surface area (Å²) in [5.41, 5.74) is 1.03. The van der Waals surface area contributed by atoms with Gasteiger partial charge in [-0.05, 0) is 12.1 Å². The van der Waals surface area contributed by atoms with Crippen LogP contribution in [0.3, 0.4) is 0 Å². The third kappa shape index (κ3) is 3.74. The Morgan fingerprint density at radius 3 is 2.56 bits per heavy atom. The molecule has 0 amide bonds. The highest BCUT2D eigenvalue weighted by molar-refractivity contribution is 5.43. The lowest BCUT2D eigenvalue weighted by molar-refractivity contribution is 0.122. The zero-order valence-electron chi connectivity index (χ0n) is 13.7. The highest BCUT2D eigenvalue weighted by atomic mass is 16.5. The fourth-order valence-electron chi connectivity index (χ4n) is 2.61. The molecule has 3 aromatic rings. The predicted molar refractivity (Wildman–Crippen MR) is 93.7 cm³/mol. The molecule has 1 aliphatic rings. The summed E-state index contributed by atoms with van der Waals surface area (Å²) in [6.07, 6.45) is 5.22. The van der Waals surface area contributed by atoms with Crippen LogP contribution in [0, 0.1) is 0 Å². The number of nitrogens with one attached hydrogen (secondary N) is 1. The highest BCUT2D eigenvalue weighted by Gasteiger charge is 2.17.